The monoisotopic (exact) mass is 229 g/mol. The summed E-state index contributed by atoms with van der Waals surface area (Å²) in [6.07, 6.45) is 12.0. The minimum Gasteiger partial charge on any atom is -0.371 e. The van der Waals surface area contributed by atoms with Crippen LogP contribution in [0.4, 0.5) is 0 Å². The zero-order chi connectivity index (χ0) is 11.7. The minimum atomic E-state index is 0.383. The first-order valence-electron chi connectivity index (χ1n) is 6.43. The van der Waals surface area contributed by atoms with E-state index in [1.807, 2.05) is 12.4 Å². The molecule has 17 heavy (non-hydrogen) atoms. The van der Waals surface area contributed by atoms with Crippen LogP contribution in [0.2, 0.25) is 0 Å². The van der Waals surface area contributed by atoms with Crippen LogP contribution < -0.4 is 5.32 Å². The third-order valence-electron chi connectivity index (χ3n) is 3.90. The van der Waals surface area contributed by atoms with Crippen molar-refractivity contribution in [2.75, 3.05) is 13.1 Å². The molecule has 0 aromatic carbocycles. The highest BCUT2D eigenvalue weighted by Crippen LogP contribution is 2.38. The van der Waals surface area contributed by atoms with Gasteiger partial charge in [-0.25, -0.2) is 0 Å². The Labute approximate surface area is 103 Å². The van der Waals surface area contributed by atoms with Gasteiger partial charge in [-0.05, 0) is 30.9 Å². The van der Waals surface area contributed by atoms with E-state index in [4.69, 9.17) is 0 Å². The van der Waals surface area contributed by atoms with Crippen molar-refractivity contribution >= 4 is 6.34 Å². The molecule has 2 aliphatic heterocycles. The lowest BCUT2D eigenvalue weighted by Gasteiger charge is -2.41. The predicted octanol–water partition coefficient (Wildman–Crippen LogP) is 2.06. The summed E-state index contributed by atoms with van der Waals surface area (Å²) in [5.41, 5.74) is 2.83. The van der Waals surface area contributed by atoms with E-state index in [0.717, 1.165) is 6.54 Å². The molecule has 1 saturated heterocycles. The highest BCUT2D eigenvalue weighted by molar-refractivity contribution is 5.60. The molecule has 0 radical (unpaired) electrons. The Morgan fingerprint density at radius 2 is 2.53 bits per heavy atom. The Morgan fingerprint density at radius 1 is 1.59 bits per heavy atom. The van der Waals surface area contributed by atoms with Crippen LogP contribution in [0.1, 0.15) is 19.3 Å². The van der Waals surface area contributed by atoms with Gasteiger partial charge in [-0.2, -0.15) is 0 Å². The average Bonchev–Trinajstić information content (AvgIpc) is 2.37. The number of fused-ring (bicyclic) bond motifs is 2. The number of nitrogens with one attached hydrogen (secondary N) is 1. The molecule has 3 nitrogen and oxygen atoms in total. The van der Waals surface area contributed by atoms with Crippen LogP contribution in [0, 0.1) is 5.92 Å². The van der Waals surface area contributed by atoms with Crippen molar-refractivity contribution in [3.05, 3.63) is 36.2 Å². The van der Waals surface area contributed by atoms with E-state index in [1.54, 1.807) is 0 Å². The van der Waals surface area contributed by atoms with Gasteiger partial charge in [0.15, 0.2) is 0 Å². The molecule has 3 heteroatoms. The van der Waals surface area contributed by atoms with E-state index in [2.05, 4.69) is 34.1 Å². The van der Waals surface area contributed by atoms with Crippen LogP contribution >= 0.6 is 0 Å². The summed E-state index contributed by atoms with van der Waals surface area (Å²) < 4.78 is 0. The molecule has 2 atom stereocenters. The van der Waals surface area contributed by atoms with Crippen molar-refractivity contribution < 1.29 is 0 Å². The highest BCUT2D eigenvalue weighted by Gasteiger charge is 2.32. The number of hydrogen-bond acceptors (Lipinski definition) is 3. The van der Waals surface area contributed by atoms with Crippen LogP contribution in [0.25, 0.3) is 0 Å². The normalized spacial score (nSPS) is 30.7. The fourth-order valence-electron chi connectivity index (χ4n) is 3.09. The van der Waals surface area contributed by atoms with Crippen molar-refractivity contribution in [3.63, 3.8) is 0 Å². The molecule has 0 spiro atoms. The number of hydrogen-bond donors (Lipinski definition) is 1. The zero-order valence-corrected chi connectivity index (χ0v) is 10.1. The molecule has 2 unspecified atom stereocenters. The summed E-state index contributed by atoms with van der Waals surface area (Å²) in [5, 5.41) is 3.09. The van der Waals surface area contributed by atoms with Crippen molar-refractivity contribution in [1.29, 1.82) is 0 Å². The molecule has 0 amide bonds. The van der Waals surface area contributed by atoms with Crippen molar-refractivity contribution in [3.8, 4) is 0 Å². The Hall–Kier alpha value is -1.51. The predicted molar refractivity (Wildman–Crippen MR) is 70.7 cm³/mol. The molecule has 0 aromatic heterocycles. The van der Waals surface area contributed by atoms with Crippen LogP contribution in [-0.4, -0.2) is 30.4 Å². The third-order valence-corrected chi connectivity index (χ3v) is 3.90. The molecule has 3 aliphatic rings. The van der Waals surface area contributed by atoms with E-state index in [-0.39, 0.29) is 0 Å². The molecule has 2 heterocycles. The Balaban J connectivity index is 1.89. The van der Waals surface area contributed by atoms with Crippen LogP contribution in [0.5, 0.6) is 0 Å². The fraction of sp³-hybridized carbons (Fsp3) is 0.500. The molecule has 0 bridgehead atoms. The molecular formula is C14H19N3. The van der Waals surface area contributed by atoms with Crippen molar-refractivity contribution in [2.24, 2.45) is 10.9 Å². The molecular weight excluding hydrogens is 210 g/mol. The van der Waals surface area contributed by atoms with Crippen LogP contribution in [-0.2, 0) is 0 Å². The Bertz CT molecular complexity index is 406. The maximum Gasteiger partial charge on any atom is 0.0871 e. The summed E-state index contributed by atoms with van der Waals surface area (Å²) in [7, 11) is 0. The summed E-state index contributed by atoms with van der Waals surface area (Å²) in [4.78, 5) is 6.99. The minimum absolute atomic E-state index is 0.383. The SMILES string of the molecule is C=CCN1CCCC2CC3N=CNC=C3C=C21. The van der Waals surface area contributed by atoms with Crippen molar-refractivity contribution in [1.82, 2.24) is 10.2 Å². The van der Waals surface area contributed by atoms with E-state index in [9.17, 15) is 0 Å². The first kappa shape index (κ1) is 10.6. The van der Waals surface area contributed by atoms with Gasteiger partial charge in [0.25, 0.3) is 0 Å². The summed E-state index contributed by atoms with van der Waals surface area (Å²) in [5.74, 6) is 0.695. The topological polar surface area (TPSA) is 27.6 Å². The number of piperidine rings is 1. The largest absolute Gasteiger partial charge is 0.371 e. The molecule has 90 valence electrons. The first-order chi connectivity index (χ1) is 8.38. The van der Waals surface area contributed by atoms with Gasteiger partial charge < -0.3 is 10.2 Å². The number of allylic oxidation sites excluding steroid dienone is 1. The van der Waals surface area contributed by atoms with E-state index >= 15 is 0 Å². The molecule has 0 saturated carbocycles. The molecule has 3 rings (SSSR count). The summed E-state index contributed by atoms with van der Waals surface area (Å²) >= 11 is 0. The summed E-state index contributed by atoms with van der Waals surface area (Å²) in [6, 6.07) is 0.383. The van der Waals surface area contributed by atoms with Gasteiger partial charge in [0.2, 0.25) is 0 Å². The third kappa shape index (κ3) is 1.90. The zero-order valence-electron chi connectivity index (χ0n) is 10.1. The molecule has 1 aliphatic carbocycles. The van der Waals surface area contributed by atoms with Gasteiger partial charge in [-0.15, -0.1) is 6.58 Å². The quantitative estimate of drug-likeness (QED) is 0.734. The van der Waals surface area contributed by atoms with Gasteiger partial charge in [0.1, 0.15) is 0 Å². The Morgan fingerprint density at radius 3 is 3.41 bits per heavy atom. The maximum absolute atomic E-state index is 4.53. The first-order valence-corrected chi connectivity index (χ1v) is 6.43. The summed E-state index contributed by atoms with van der Waals surface area (Å²) in [6.45, 7) is 5.99. The standard InChI is InChI=1S/C14H19N3/c1-2-5-17-6-3-4-11-7-13-12(8-14(11)17)9-15-10-16-13/h2,8-11,13H,1,3-7H2,(H,15,16). The number of nitrogens with zero attached hydrogens (tertiary/aromatic N) is 2. The average molecular weight is 229 g/mol. The van der Waals surface area contributed by atoms with Gasteiger partial charge >= 0.3 is 0 Å². The highest BCUT2D eigenvalue weighted by atomic mass is 15.1. The van der Waals surface area contributed by atoms with Gasteiger partial charge in [-0.3, -0.25) is 4.99 Å². The lowest BCUT2D eigenvalue weighted by molar-refractivity contribution is 0.241. The number of aliphatic imine (C=N–C) groups is 1. The second-order valence-corrected chi connectivity index (χ2v) is 4.98. The number of rotatable bonds is 2. The fourth-order valence-corrected chi connectivity index (χ4v) is 3.09. The smallest absolute Gasteiger partial charge is 0.0871 e. The molecule has 1 N–H and O–H groups in total. The van der Waals surface area contributed by atoms with Gasteiger partial charge in [0, 0.05) is 30.9 Å². The van der Waals surface area contributed by atoms with E-state index < -0.39 is 0 Å². The van der Waals surface area contributed by atoms with Crippen LogP contribution in [0.3, 0.4) is 0 Å². The lowest BCUT2D eigenvalue weighted by atomic mass is 9.80. The molecule has 0 aromatic rings. The van der Waals surface area contributed by atoms with E-state index in [1.165, 1.54) is 37.1 Å². The number of likely N-dealkylation sites (tertiary alicyclic amines) is 1. The van der Waals surface area contributed by atoms with Gasteiger partial charge in [-0.1, -0.05) is 6.08 Å². The maximum atomic E-state index is 4.53. The van der Waals surface area contributed by atoms with Crippen molar-refractivity contribution in [2.45, 2.75) is 25.3 Å². The second kappa shape index (κ2) is 4.40. The lowest BCUT2D eigenvalue weighted by Crippen LogP contribution is -2.38. The second-order valence-electron chi connectivity index (χ2n) is 4.98. The Kier molecular flexibility index (Phi) is 2.75. The van der Waals surface area contributed by atoms with Crippen LogP contribution in [0.15, 0.2) is 41.2 Å². The van der Waals surface area contributed by atoms with E-state index in [0.29, 0.717) is 12.0 Å². The van der Waals surface area contributed by atoms with Gasteiger partial charge in [0.05, 0.1) is 12.4 Å². The molecule has 1 fully saturated rings.